The largest absolute Gasteiger partial charge is 0.480 e. The van der Waals surface area contributed by atoms with E-state index in [1.54, 1.807) is 6.92 Å². The molecule has 0 aliphatic carbocycles. The van der Waals surface area contributed by atoms with Crippen molar-refractivity contribution >= 4 is 5.97 Å². The smallest absolute Gasteiger partial charge is 0.320 e. The molecule has 3 heteroatoms. The molecule has 1 aromatic carbocycles. The Hall–Kier alpha value is -1.35. The molecule has 18 heavy (non-hydrogen) atoms. The second kappa shape index (κ2) is 6.01. The first-order chi connectivity index (χ1) is 8.33. The molecule has 0 aromatic heterocycles. The van der Waals surface area contributed by atoms with Gasteiger partial charge in [-0.25, -0.2) is 0 Å². The standard InChI is InChI=1S/C15H23NO2/c1-11(16-12(2)14(17)18)10-15(3,4)13-8-6-5-7-9-13/h5-9,11-12,16H,10H2,1-4H3,(H,17,18)/t11?,12-/m1/s1. The zero-order valence-electron chi connectivity index (χ0n) is 11.6. The van der Waals surface area contributed by atoms with E-state index in [4.69, 9.17) is 5.11 Å². The van der Waals surface area contributed by atoms with E-state index >= 15 is 0 Å². The van der Waals surface area contributed by atoms with E-state index in [9.17, 15) is 4.79 Å². The Labute approximate surface area is 109 Å². The number of carbonyl (C=O) groups is 1. The van der Waals surface area contributed by atoms with Crippen molar-refractivity contribution < 1.29 is 9.90 Å². The van der Waals surface area contributed by atoms with Crippen LogP contribution in [0.3, 0.4) is 0 Å². The SMILES string of the molecule is CC(CC(C)(C)c1ccccc1)N[C@H](C)C(=O)O. The Balaban J connectivity index is 2.63. The minimum Gasteiger partial charge on any atom is -0.480 e. The fourth-order valence-electron chi connectivity index (χ4n) is 2.33. The van der Waals surface area contributed by atoms with Crippen LogP contribution < -0.4 is 5.32 Å². The van der Waals surface area contributed by atoms with E-state index in [0.717, 1.165) is 6.42 Å². The third-order valence-corrected chi connectivity index (χ3v) is 3.28. The van der Waals surface area contributed by atoms with Gasteiger partial charge < -0.3 is 10.4 Å². The number of aliphatic carboxylic acids is 1. The van der Waals surface area contributed by atoms with Crippen LogP contribution in [0.5, 0.6) is 0 Å². The van der Waals surface area contributed by atoms with Gasteiger partial charge in [-0.1, -0.05) is 44.2 Å². The summed E-state index contributed by atoms with van der Waals surface area (Å²) in [7, 11) is 0. The van der Waals surface area contributed by atoms with Gasteiger partial charge in [0, 0.05) is 6.04 Å². The summed E-state index contributed by atoms with van der Waals surface area (Å²) in [6, 6.07) is 9.97. The molecule has 0 amide bonds. The molecule has 0 spiro atoms. The lowest BCUT2D eigenvalue weighted by molar-refractivity contribution is -0.139. The fourth-order valence-corrected chi connectivity index (χ4v) is 2.33. The van der Waals surface area contributed by atoms with E-state index in [0.29, 0.717) is 0 Å². The van der Waals surface area contributed by atoms with Crippen molar-refractivity contribution in [3.8, 4) is 0 Å². The van der Waals surface area contributed by atoms with Crippen LogP contribution in [-0.2, 0) is 10.2 Å². The number of hydrogen-bond acceptors (Lipinski definition) is 2. The first-order valence-corrected chi connectivity index (χ1v) is 6.37. The first-order valence-electron chi connectivity index (χ1n) is 6.37. The molecule has 0 aliphatic rings. The molecule has 0 aliphatic heterocycles. The summed E-state index contributed by atoms with van der Waals surface area (Å²) in [5.41, 5.74) is 1.31. The van der Waals surface area contributed by atoms with Crippen LogP contribution in [0.4, 0.5) is 0 Å². The molecule has 1 unspecified atom stereocenters. The molecule has 0 saturated carbocycles. The summed E-state index contributed by atoms with van der Waals surface area (Å²) in [4.78, 5) is 10.8. The zero-order chi connectivity index (χ0) is 13.8. The topological polar surface area (TPSA) is 49.3 Å². The summed E-state index contributed by atoms with van der Waals surface area (Å²) in [6.45, 7) is 8.08. The van der Waals surface area contributed by atoms with Crippen LogP contribution in [0, 0.1) is 0 Å². The Bertz CT molecular complexity index is 387. The van der Waals surface area contributed by atoms with Crippen LogP contribution in [0.25, 0.3) is 0 Å². The molecule has 3 nitrogen and oxygen atoms in total. The number of nitrogens with one attached hydrogen (secondary N) is 1. The van der Waals surface area contributed by atoms with Gasteiger partial charge in [0.25, 0.3) is 0 Å². The number of benzene rings is 1. The summed E-state index contributed by atoms with van der Waals surface area (Å²) in [6.07, 6.45) is 0.897. The number of hydrogen-bond donors (Lipinski definition) is 2. The molecule has 0 fully saturated rings. The zero-order valence-corrected chi connectivity index (χ0v) is 11.6. The minimum absolute atomic E-state index is 0.0336. The summed E-state index contributed by atoms with van der Waals surface area (Å²) in [5.74, 6) is -0.806. The van der Waals surface area contributed by atoms with Crippen LogP contribution >= 0.6 is 0 Å². The number of rotatable bonds is 6. The van der Waals surface area contributed by atoms with Crippen LogP contribution in [0.15, 0.2) is 30.3 Å². The minimum atomic E-state index is -0.806. The molecule has 1 aromatic rings. The second-order valence-electron chi connectivity index (χ2n) is 5.58. The summed E-state index contributed by atoms with van der Waals surface area (Å²) in [5, 5.41) is 12.0. The predicted octanol–water partition coefficient (Wildman–Crippen LogP) is 2.81. The van der Waals surface area contributed by atoms with Crippen LogP contribution in [-0.4, -0.2) is 23.2 Å². The fraction of sp³-hybridized carbons (Fsp3) is 0.533. The molecule has 2 atom stereocenters. The first kappa shape index (κ1) is 14.7. The Morgan fingerprint density at radius 1 is 1.28 bits per heavy atom. The van der Waals surface area contributed by atoms with E-state index in [1.165, 1.54) is 5.56 Å². The summed E-state index contributed by atoms with van der Waals surface area (Å²) >= 11 is 0. The molecule has 0 saturated heterocycles. The van der Waals surface area contributed by atoms with Crippen molar-refractivity contribution in [1.29, 1.82) is 0 Å². The molecule has 1 rings (SSSR count). The normalized spacial score (nSPS) is 15.1. The van der Waals surface area contributed by atoms with Crippen molar-refractivity contribution in [3.05, 3.63) is 35.9 Å². The van der Waals surface area contributed by atoms with Crippen molar-refractivity contribution in [2.45, 2.75) is 51.6 Å². The van der Waals surface area contributed by atoms with Gasteiger partial charge >= 0.3 is 5.97 Å². The third kappa shape index (κ3) is 4.15. The van der Waals surface area contributed by atoms with Crippen molar-refractivity contribution in [1.82, 2.24) is 5.32 Å². The average molecular weight is 249 g/mol. The molecule has 0 radical (unpaired) electrons. The lowest BCUT2D eigenvalue weighted by atomic mass is 9.79. The van der Waals surface area contributed by atoms with Gasteiger partial charge in [0.1, 0.15) is 6.04 Å². The predicted molar refractivity (Wildman–Crippen MR) is 73.8 cm³/mol. The average Bonchev–Trinajstić information content (AvgIpc) is 2.29. The van der Waals surface area contributed by atoms with Gasteiger partial charge in [0.05, 0.1) is 0 Å². The number of carboxylic acid groups (broad SMARTS) is 1. The van der Waals surface area contributed by atoms with Crippen LogP contribution in [0.1, 0.15) is 39.7 Å². The monoisotopic (exact) mass is 249 g/mol. The Kier molecular flexibility index (Phi) is 4.91. The van der Waals surface area contributed by atoms with E-state index < -0.39 is 12.0 Å². The molecular weight excluding hydrogens is 226 g/mol. The van der Waals surface area contributed by atoms with Gasteiger partial charge in [-0.2, -0.15) is 0 Å². The van der Waals surface area contributed by atoms with Gasteiger partial charge in [-0.15, -0.1) is 0 Å². The van der Waals surface area contributed by atoms with Crippen molar-refractivity contribution in [3.63, 3.8) is 0 Å². The molecule has 0 heterocycles. The van der Waals surface area contributed by atoms with Gasteiger partial charge in [-0.05, 0) is 31.2 Å². The van der Waals surface area contributed by atoms with Gasteiger partial charge in [0.2, 0.25) is 0 Å². The maximum atomic E-state index is 10.8. The maximum absolute atomic E-state index is 10.8. The van der Waals surface area contributed by atoms with E-state index in [2.05, 4.69) is 31.3 Å². The molecule has 2 N–H and O–H groups in total. The van der Waals surface area contributed by atoms with E-state index in [-0.39, 0.29) is 11.5 Å². The molecule has 0 bridgehead atoms. The third-order valence-electron chi connectivity index (χ3n) is 3.28. The highest BCUT2D eigenvalue weighted by molar-refractivity contribution is 5.72. The highest BCUT2D eigenvalue weighted by Gasteiger charge is 2.24. The lowest BCUT2D eigenvalue weighted by Crippen LogP contribution is -2.42. The number of carboxylic acids is 1. The quantitative estimate of drug-likeness (QED) is 0.815. The van der Waals surface area contributed by atoms with Crippen LogP contribution in [0.2, 0.25) is 0 Å². The highest BCUT2D eigenvalue weighted by Crippen LogP contribution is 2.28. The lowest BCUT2D eigenvalue weighted by Gasteiger charge is -2.30. The van der Waals surface area contributed by atoms with E-state index in [1.807, 2.05) is 25.1 Å². The maximum Gasteiger partial charge on any atom is 0.320 e. The molecular formula is C15H23NO2. The van der Waals surface area contributed by atoms with Crippen molar-refractivity contribution in [2.75, 3.05) is 0 Å². The van der Waals surface area contributed by atoms with Crippen molar-refractivity contribution in [2.24, 2.45) is 0 Å². The van der Waals surface area contributed by atoms with Gasteiger partial charge in [0.15, 0.2) is 0 Å². The highest BCUT2D eigenvalue weighted by atomic mass is 16.4. The second-order valence-corrected chi connectivity index (χ2v) is 5.58. The Morgan fingerprint density at radius 3 is 2.33 bits per heavy atom. The molecule has 100 valence electrons. The van der Waals surface area contributed by atoms with Gasteiger partial charge in [-0.3, -0.25) is 4.79 Å². The Morgan fingerprint density at radius 2 is 1.83 bits per heavy atom. The summed E-state index contributed by atoms with van der Waals surface area (Å²) < 4.78 is 0.